The van der Waals surface area contributed by atoms with Gasteiger partial charge in [0.1, 0.15) is 13.2 Å². The molecule has 0 aliphatic carbocycles. The SMILES string of the molecule is CC/C=C\C/C=C\C/C=C\C/C=C\CCCCCCCCCCCCCCCCCCCCCCC(=O)OCC(COC(=O)CCCCCCCCCCCCC)OC(=O)CCCC/C=C\C/C=C\C/C=C\C/C=C\CC. The van der Waals surface area contributed by atoms with Gasteiger partial charge in [-0.25, -0.2) is 0 Å². The van der Waals surface area contributed by atoms with E-state index in [1.54, 1.807) is 0 Å². The monoisotopic (exact) mass is 1070 g/mol. The van der Waals surface area contributed by atoms with Crippen LogP contribution in [-0.4, -0.2) is 37.2 Å². The predicted octanol–water partition coefficient (Wildman–Crippen LogP) is 22.4. The standard InChI is InChI=1S/C71H122O6/c1-4-7-10-13-16-19-22-24-26-27-28-29-30-31-32-33-34-35-36-37-38-39-40-41-42-43-45-46-49-52-55-58-61-64-70(73)76-67-68(66-75-69(72)63-60-57-54-51-48-21-18-15-12-9-6-3)77-71(74)65-62-59-56-53-50-47-44-25-23-20-17-14-11-8-5-2/h7-8,10-11,16-17,19-20,24-26,28-29,44,50,53,68H,4-6,9,12-15,18,21-23,27,30-43,45-49,51-52,54-67H2,1-3H3/b10-7-,11-8-,19-16-,20-17-,26-24-,29-28-,44-25-,53-50-. The first kappa shape index (κ1) is 73.3. The van der Waals surface area contributed by atoms with Crippen LogP contribution in [0.2, 0.25) is 0 Å². The van der Waals surface area contributed by atoms with Crippen LogP contribution in [0, 0.1) is 0 Å². The van der Waals surface area contributed by atoms with Crippen LogP contribution < -0.4 is 0 Å². The van der Waals surface area contributed by atoms with E-state index >= 15 is 0 Å². The lowest BCUT2D eigenvalue weighted by molar-refractivity contribution is -0.167. The zero-order valence-corrected chi connectivity index (χ0v) is 50.7. The Bertz CT molecular complexity index is 1510. The van der Waals surface area contributed by atoms with E-state index in [0.717, 1.165) is 103 Å². The van der Waals surface area contributed by atoms with Crippen molar-refractivity contribution in [3.63, 3.8) is 0 Å². The summed E-state index contributed by atoms with van der Waals surface area (Å²) in [7, 11) is 0. The molecule has 0 fully saturated rings. The predicted molar refractivity (Wildman–Crippen MR) is 334 cm³/mol. The van der Waals surface area contributed by atoms with Crippen molar-refractivity contribution >= 4 is 17.9 Å². The summed E-state index contributed by atoms with van der Waals surface area (Å²) in [5, 5.41) is 0. The Morgan fingerprint density at radius 1 is 0.273 bits per heavy atom. The molecular formula is C71H122O6. The smallest absolute Gasteiger partial charge is 0.306 e. The Labute approximate surface area is 477 Å². The van der Waals surface area contributed by atoms with E-state index in [1.807, 2.05) is 0 Å². The Kier molecular flexibility index (Phi) is 61.8. The average Bonchev–Trinajstić information content (AvgIpc) is 3.43. The molecule has 6 nitrogen and oxygen atoms in total. The molecule has 1 atom stereocenters. The van der Waals surface area contributed by atoms with Gasteiger partial charge < -0.3 is 14.2 Å². The van der Waals surface area contributed by atoms with E-state index in [0.29, 0.717) is 19.3 Å². The molecule has 0 amide bonds. The summed E-state index contributed by atoms with van der Waals surface area (Å²) in [6, 6.07) is 0. The van der Waals surface area contributed by atoms with Crippen LogP contribution in [0.15, 0.2) is 97.2 Å². The molecule has 6 heteroatoms. The van der Waals surface area contributed by atoms with Crippen LogP contribution in [0.5, 0.6) is 0 Å². The summed E-state index contributed by atoms with van der Waals surface area (Å²) in [5.74, 6) is -0.920. The van der Waals surface area contributed by atoms with Crippen LogP contribution in [-0.2, 0) is 28.6 Å². The number of esters is 3. The lowest BCUT2D eigenvalue weighted by Gasteiger charge is -2.18. The topological polar surface area (TPSA) is 78.9 Å². The largest absolute Gasteiger partial charge is 0.462 e. The Balaban J connectivity index is 4.12. The molecule has 0 aromatic carbocycles. The molecule has 0 heterocycles. The normalized spacial score (nSPS) is 12.7. The highest BCUT2D eigenvalue weighted by Gasteiger charge is 2.19. The Morgan fingerprint density at radius 3 is 0.818 bits per heavy atom. The minimum atomic E-state index is -0.796. The van der Waals surface area contributed by atoms with Gasteiger partial charge in [0.2, 0.25) is 0 Å². The quantitative estimate of drug-likeness (QED) is 0.0261. The van der Waals surface area contributed by atoms with Crippen molar-refractivity contribution in [3.8, 4) is 0 Å². The number of unbranched alkanes of at least 4 members (excludes halogenated alkanes) is 32. The number of rotatable bonds is 59. The molecule has 0 rings (SSSR count). The van der Waals surface area contributed by atoms with Crippen LogP contribution >= 0.6 is 0 Å². The van der Waals surface area contributed by atoms with Crippen LogP contribution in [0.3, 0.4) is 0 Å². The van der Waals surface area contributed by atoms with Crippen LogP contribution in [0.4, 0.5) is 0 Å². The molecule has 77 heavy (non-hydrogen) atoms. The first-order valence-electron chi connectivity index (χ1n) is 32.7. The van der Waals surface area contributed by atoms with Gasteiger partial charge in [0.25, 0.3) is 0 Å². The lowest BCUT2D eigenvalue weighted by atomic mass is 10.0. The molecule has 0 bridgehead atoms. The molecule has 0 aliphatic heterocycles. The lowest BCUT2D eigenvalue weighted by Crippen LogP contribution is -2.30. The highest BCUT2D eigenvalue weighted by molar-refractivity contribution is 5.71. The van der Waals surface area contributed by atoms with Crippen LogP contribution in [0.25, 0.3) is 0 Å². The van der Waals surface area contributed by atoms with E-state index in [1.165, 1.54) is 167 Å². The summed E-state index contributed by atoms with van der Waals surface area (Å²) >= 11 is 0. The molecule has 0 aromatic heterocycles. The van der Waals surface area contributed by atoms with E-state index in [9.17, 15) is 14.4 Å². The number of allylic oxidation sites excluding steroid dienone is 16. The van der Waals surface area contributed by atoms with Crippen molar-refractivity contribution < 1.29 is 28.6 Å². The highest BCUT2D eigenvalue weighted by Crippen LogP contribution is 2.17. The molecule has 0 saturated carbocycles. The van der Waals surface area contributed by atoms with Gasteiger partial charge in [0, 0.05) is 19.3 Å². The fraction of sp³-hybridized carbons (Fsp3) is 0.732. The summed E-state index contributed by atoms with van der Waals surface area (Å²) in [6.45, 7) is 6.40. The van der Waals surface area contributed by atoms with Crippen molar-refractivity contribution in [2.75, 3.05) is 13.2 Å². The van der Waals surface area contributed by atoms with E-state index < -0.39 is 6.10 Å². The molecule has 0 N–H and O–H groups in total. The fourth-order valence-corrected chi connectivity index (χ4v) is 9.25. The van der Waals surface area contributed by atoms with Crippen molar-refractivity contribution in [2.24, 2.45) is 0 Å². The first-order valence-corrected chi connectivity index (χ1v) is 32.7. The molecular weight excluding hydrogens is 949 g/mol. The minimum absolute atomic E-state index is 0.0896. The molecule has 0 aromatic rings. The maximum atomic E-state index is 12.8. The van der Waals surface area contributed by atoms with Crippen molar-refractivity contribution in [3.05, 3.63) is 97.2 Å². The number of carbonyl (C=O) groups excluding carboxylic acids is 3. The van der Waals surface area contributed by atoms with Gasteiger partial charge >= 0.3 is 17.9 Å². The third-order valence-electron chi connectivity index (χ3n) is 14.1. The first-order chi connectivity index (χ1) is 38.0. The molecule has 0 spiro atoms. The maximum absolute atomic E-state index is 12.8. The van der Waals surface area contributed by atoms with Crippen molar-refractivity contribution in [1.82, 2.24) is 0 Å². The van der Waals surface area contributed by atoms with Gasteiger partial charge in [-0.3, -0.25) is 14.4 Å². The second-order valence-electron chi connectivity index (χ2n) is 21.6. The summed E-state index contributed by atoms with van der Waals surface area (Å²) in [6.07, 6.45) is 87.3. The third-order valence-corrected chi connectivity index (χ3v) is 14.1. The minimum Gasteiger partial charge on any atom is -0.462 e. The molecule has 0 aliphatic rings. The second kappa shape index (κ2) is 64.9. The Morgan fingerprint density at radius 2 is 0.506 bits per heavy atom. The second-order valence-corrected chi connectivity index (χ2v) is 21.6. The zero-order valence-electron chi connectivity index (χ0n) is 50.7. The summed E-state index contributed by atoms with van der Waals surface area (Å²) < 4.78 is 16.9. The number of carbonyl (C=O) groups is 3. The van der Waals surface area contributed by atoms with Gasteiger partial charge in [0.15, 0.2) is 6.10 Å². The molecule has 0 radical (unpaired) electrons. The summed E-state index contributed by atoms with van der Waals surface area (Å²) in [5.41, 5.74) is 0. The van der Waals surface area contributed by atoms with Gasteiger partial charge in [-0.1, -0.05) is 298 Å². The average molecular weight is 1070 g/mol. The number of ether oxygens (including phenoxy) is 3. The van der Waals surface area contributed by atoms with Gasteiger partial charge in [-0.2, -0.15) is 0 Å². The van der Waals surface area contributed by atoms with Gasteiger partial charge in [-0.15, -0.1) is 0 Å². The van der Waals surface area contributed by atoms with Crippen LogP contribution in [0.1, 0.15) is 316 Å². The third kappa shape index (κ3) is 63.0. The van der Waals surface area contributed by atoms with E-state index in [2.05, 4.69) is 118 Å². The van der Waals surface area contributed by atoms with Crippen molar-refractivity contribution in [1.29, 1.82) is 0 Å². The van der Waals surface area contributed by atoms with Gasteiger partial charge in [0.05, 0.1) is 0 Å². The zero-order chi connectivity index (χ0) is 55.7. The number of hydrogen-bond acceptors (Lipinski definition) is 6. The molecule has 1 unspecified atom stereocenters. The fourth-order valence-electron chi connectivity index (χ4n) is 9.25. The van der Waals surface area contributed by atoms with Crippen molar-refractivity contribution in [2.45, 2.75) is 322 Å². The number of hydrogen-bond donors (Lipinski definition) is 0. The van der Waals surface area contributed by atoms with Gasteiger partial charge in [-0.05, 0) is 96.3 Å². The van der Waals surface area contributed by atoms with E-state index in [-0.39, 0.29) is 37.5 Å². The van der Waals surface area contributed by atoms with E-state index in [4.69, 9.17) is 14.2 Å². The summed E-state index contributed by atoms with van der Waals surface area (Å²) in [4.78, 5) is 38.2. The highest BCUT2D eigenvalue weighted by atomic mass is 16.6. The molecule has 0 saturated heterocycles. The molecule has 442 valence electrons. The maximum Gasteiger partial charge on any atom is 0.306 e. The Hall–Kier alpha value is -3.67.